The van der Waals surface area contributed by atoms with Gasteiger partial charge in [-0.2, -0.15) is 0 Å². The Labute approximate surface area is 227 Å². The van der Waals surface area contributed by atoms with Crippen molar-refractivity contribution in [3.05, 3.63) is 95.8 Å². The Balaban J connectivity index is 1.14. The average molecular weight is 526 g/mol. The first-order chi connectivity index (χ1) is 19.1. The Morgan fingerprint density at radius 2 is 1.79 bits per heavy atom. The van der Waals surface area contributed by atoms with Gasteiger partial charge in [-0.1, -0.05) is 42.5 Å². The Morgan fingerprint density at radius 1 is 0.949 bits per heavy atom. The fourth-order valence-corrected chi connectivity index (χ4v) is 4.67. The van der Waals surface area contributed by atoms with Gasteiger partial charge in [0.1, 0.15) is 12.1 Å². The van der Waals surface area contributed by atoms with E-state index in [0.717, 1.165) is 36.2 Å². The molecule has 0 saturated heterocycles. The summed E-state index contributed by atoms with van der Waals surface area (Å²) < 4.78 is 16.2. The molecule has 0 saturated carbocycles. The van der Waals surface area contributed by atoms with Gasteiger partial charge in [-0.3, -0.25) is 0 Å². The van der Waals surface area contributed by atoms with Crippen LogP contribution in [0.15, 0.2) is 79.1 Å². The van der Waals surface area contributed by atoms with Crippen LogP contribution in [0.3, 0.4) is 0 Å². The molecule has 0 aliphatic carbocycles. The van der Waals surface area contributed by atoms with Gasteiger partial charge in [0.15, 0.2) is 11.5 Å². The second-order valence-electron chi connectivity index (χ2n) is 9.04. The summed E-state index contributed by atoms with van der Waals surface area (Å²) in [6.45, 7) is 1.76. The molecular weight excluding hydrogens is 494 g/mol. The maximum Gasteiger partial charge on any atom is 0.414 e. The maximum atomic E-state index is 12.4. The van der Waals surface area contributed by atoms with Crippen LogP contribution in [0.25, 0.3) is 0 Å². The standard InChI is InChI=1S/C30H31N5O4/c1-37-26-11-5-8-23(29(26)38-2)19-31-27-17-28(34-20-33-27)39-30(36)32-18-21-12-14-24(15-13-21)35-16-6-9-22-7-3-4-10-25(22)35/h3-5,7-8,10-15,17,20H,6,9,16,18-19H2,1-2H3,(H,32,36)(H,31,33,34). The summed E-state index contributed by atoms with van der Waals surface area (Å²) >= 11 is 0. The lowest BCUT2D eigenvalue weighted by molar-refractivity contribution is 0.198. The zero-order chi connectivity index (χ0) is 27.0. The number of hydrogen-bond donors (Lipinski definition) is 2. The lowest BCUT2D eigenvalue weighted by Gasteiger charge is -2.31. The molecule has 0 radical (unpaired) electrons. The molecule has 0 atom stereocenters. The largest absolute Gasteiger partial charge is 0.493 e. The molecule has 1 aliphatic rings. The van der Waals surface area contributed by atoms with E-state index in [4.69, 9.17) is 14.2 Å². The van der Waals surface area contributed by atoms with E-state index in [2.05, 4.69) is 61.9 Å². The van der Waals surface area contributed by atoms with Gasteiger partial charge in [0.25, 0.3) is 0 Å². The quantitative estimate of drug-likeness (QED) is 0.297. The molecule has 0 fully saturated rings. The summed E-state index contributed by atoms with van der Waals surface area (Å²) in [5.41, 5.74) is 5.64. The van der Waals surface area contributed by atoms with Crippen LogP contribution in [0.2, 0.25) is 0 Å². The van der Waals surface area contributed by atoms with E-state index >= 15 is 0 Å². The Kier molecular flexibility index (Phi) is 8.06. The van der Waals surface area contributed by atoms with Crippen LogP contribution >= 0.6 is 0 Å². The van der Waals surface area contributed by atoms with Crippen molar-refractivity contribution in [3.8, 4) is 17.4 Å². The van der Waals surface area contributed by atoms with Gasteiger partial charge in [-0.05, 0) is 48.2 Å². The first kappa shape index (κ1) is 25.8. The minimum absolute atomic E-state index is 0.140. The number of carbonyl (C=O) groups excluding carboxylic acids is 1. The number of carbonyl (C=O) groups is 1. The van der Waals surface area contributed by atoms with Crippen molar-refractivity contribution < 1.29 is 19.0 Å². The SMILES string of the molecule is COc1cccc(CNc2cc(OC(=O)NCc3ccc(N4CCCc5ccccc54)cc3)ncn2)c1OC. The summed E-state index contributed by atoms with van der Waals surface area (Å²) in [5.74, 6) is 1.94. The highest BCUT2D eigenvalue weighted by molar-refractivity contribution is 5.70. The van der Waals surface area contributed by atoms with Gasteiger partial charge in [0.05, 0.1) is 14.2 Å². The zero-order valence-corrected chi connectivity index (χ0v) is 22.0. The highest BCUT2D eigenvalue weighted by atomic mass is 16.6. The smallest absolute Gasteiger partial charge is 0.414 e. The molecule has 2 N–H and O–H groups in total. The third kappa shape index (κ3) is 6.20. The van der Waals surface area contributed by atoms with Crippen molar-refractivity contribution in [2.24, 2.45) is 0 Å². The number of para-hydroxylation sites is 2. The van der Waals surface area contributed by atoms with Crippen molar-refractivity contribution in [2.75, 3.05) is 31.0 Å². The van der Waals surface area contributed by atoms with Gasteiger partial charge in [-0.25, -0.2) is 14.8 Å². The van der Waals surface area contributed by atoms with Crippen LogP contribution in [0.5, 0.6) is 17.4 Å². The molecule has 0 spiro atoms. The fraction of sp³-hybridized carbons (Fsp3) is 0.233. The number of fused-ring (bicyclic) bond motifs is 1. The number of methoxy groups -OCH3 is 2. The number of benzene rings is 3. The molecule has 39 heavy (non-hydrogen) atoms. The molecule has 200 valence electrons. The molecule has 1 aliphatic heterocycles. The maximum absolute atomic E-state index is 12.4. The number of aromatic nitrogens is 2. The van der Waals surface area contributed by atoms with E-state index in [1.807, 2.05) is 30.3 Å². The lowest BCUT2D eigenvalue weighted by atomic mass is 10.0. The van der Waals surface area contributed by atoms with Crippen LogP contribution in [0.4, 0.5) is 22.0 Å². The van der Waals surface area contributed by atoms with Crippen LogP contribution in [0.1, 0.15) is 23.1 Å². The molecule has 4 aromatic rings. The molecule has 0 unspecified atom stereocenters. The predicted octanol–water partition coefficient (Wildman–Crippen LogP) is 5.48. The first-order valence-corrected chi connectivity index (χ1v) is 12.8. The van der Waals surface area contributed by atoms with E-state index in [9.17, 15) is 4.79 Å². The molecule has 9 nitrogen and oxygen atoms in total. The highest BCUT2D eigenvalue weighted by Crippen LogP contribution is 2.33. The normalized spacial score (nSPS) is 12.3. The molecule has 1 aromatic heterocycles. The minimum Gasteiger partial charge on any atom is -0.493 e. The summed E-state index contributed by atoms with van der Waals surface area (Å²) in [5, 5.41) is 5.98. The number of hydrogen-bond acceptors (Lipinski definition) is 8. The second kappa shape index (κ2) is 12.2. The summed E-state index contributed by atoms with van der Waals surface area (Å²) in [4.78, 5) is 23.0. The molecule has 0 bridgehead atoms. The summed E-state index contributed by atoms with van der Waals surface area (Å²) in [7, 11) is 3.19. The Morgan fingerprint density at radius 3 is 2.62 bits per heavy atom. The van der Waals surface area contributed by atoms with Crippen LogP contribution in [-0.4, -0.2) is 36.8 Å². The number of aryl methyl sites for hydroxylation is 1. The topological polar surface area (TPSA) is 97.8 Å². The third-order valence-electron chi connectivity index (χ3n) is 6.58. The van der Waals surface area contributed by atoms with Crippen molar-refractivity contribution in [2.45, 2.75) is 25.9 Å². The third-order valence-corrected chi connectivity index (χ3v) is 6.58. The molecule has 9 heteroatoms. The number of amides is 1. The Hall–Kier alpha value is -4.79. The molecule has 5 rings (SSSR count). The van der Waals surface area contributed by atoms with E-state index in [-0.39, 0.29) is 5.88 Å². The zero-order valence-electron chi connectivity index (χ0n) is 22.0. The molecule has 1 amide bonds. The van der Waals surface area contributed by atoms with E-state index in [1.165, 1.54) is 17.6 Å². The monoisotopic (exact) mass is 525 g/mol. The van der Waals surface area contributed by atoms with Crippen LogP contribution in [-0.2, 0) is 19.5 Å². The second-order valence-corrected chi connectivity index (χ2v) is 9.04. The van der Waals surface area contributed by atoms with Crippen molar-refractivity contribution in [1.82, 2.24) is 15.3 Å². The first-order valence-electron chi connectivity index (χ1n) is 12.8. The van der Waals surface area contributed by atoms with Crippen LogP contribution < -0.4 is 29.7 Å². The van der Waals surface area contributed by atoms with Gasteiger partial charge in [0.2, 0.25) is 5.88 Å². The van der Waals surface area contributed by atoms with Crippen molar-refractivity contribution in [1.29, 1.82) is 0 Å². The van der Waals surface area contributed by atoms with Crippen molar-refractivity contribution >= 4 is 23.3 Å². The molecular formula is C30H31N5O4. The van der Waals surface area contributed by atoms with Gasteiger partial charge in [0, 0.05) is 42.6 Å². The number of rotatable bonds is 9. The van der Waals surface area contributed by atoms with E-state index < -0.39 is 6.09 Å². The number of nitrogens with one attached hydrogen (secondary N) is 2. The number of anilines is 3. The van der Waals surface area contributed by atoms with Crippen LogP contribution in [0, 0.1) is 0 Å². The highest BCUT2D eigenvalue weighted by Gasteiger charge is 2.17. The average Bonchev–Trinajstić information content (AvgIpc) is 2.99. The summed E-state index contributed by atoms with van der Waals surface area (Å²) in [6, 6.07) is 24.0. The Bertz CT molecular complexity index is 1430. The number of ether oxygens (including phenoxy) is 3. The van der Waals surface area contributed by atoms with Gasteiger partial charge in [-0.15, -0.1) is 0 Å². The fourth-order valence-electron chi connectivity index (χ4n) is 4.67. The minimum atomic E-state index is -0.594. The van der Waals surface area contributed by atoms with Crippen molar-refractivity contribution in [3.63, 3.8) is 0 Å². The van der Waals surface area contributed by atoms with E-state index in [1.54, 1.807) is 20.3 Å². The van der Waals surface area contributed by atoms with Gasteiger partial charge >= 0.3 is 6.09 Å². The number of nitrogens with zero attached hydrogens (tertiary/aromatic N) is 3. The van der Waals surface area contributed by atoms with E-state index in [0.29, 0.717) is 30.4 Å². The lowest BCUT2D eigenvalue weighted by Crippen LogP contribution is -2.27. The molecule has 2 heterocycles. The predicted molar refractivity (Wildman–Crippen MR) is 150 cm³/mol. The summed E-state index contributed by atoms with van der Waals surface area (Å²) in [6.07, 6.45) is 2.98. The molecule has 3 aromatic carbocycles. The van der Waals surface area contributed by atoms with Gasteiger partial charge < -0.3 is 29.7 Å².